The van der Waals surface area contributed by atoms with Crippen LogP contribution in [0.2, 0.25) is 5.02 Å². The molecule has 0 fully saturated rings. The van der Waals surface area contributed by atoms with Gasteiger partial charge < -0.3 is 10.2 Å². The minimum absolute atomic E-state index is 0.0976. The van der Waals surface area contributed by atoms with E-state index >= 15 is 0 Å². The quantitative estimate of drug-likeness (QED) is 0.365. The van der Waals surface area contributed by atoms with Crippen molar-refractivity contribution in [3.8, 4) is 0 Å². The molecule has 4 rings (SSSR count). The zero-order valence-corrected chi connectivity index (χ0v) is 22.7. The molecule has 0 saturated carbocycles. The molecule has 0 unspecified atom stereocenters. The maximum atomic E-state index is 13.5. The van der Waals surface area contributed by atoms with E-state index in [-0.39, 0.29) is 31.3 Å². The van der Waals surface area contributed by atoms with Gasteiger partial charge in [-0.25, -0.2) is 8.42 Å². The fraction of sp³-hybridized carbons (Fsp3) is 0.357. The average Bonchev–Trinajstić information content (AvgIpc) is 3.11. The predicted octanol–water partition coefficient (Wildman–Crippen LogP) is 5.12. The van der Waals surface area contributed by atoms with Crippen LogP contribution in [0.3, 0.4) is 0 Å². The van der Waals surface area contributed by atoms with Crippen LogP contribution < -0.4 is 9.62 Å². The van der Waals surface area contributed by atoms with E-state index in [1.165, 1.54) is 4.31 Å². The van der Waals surface area contributed by atoms with Gasteiger partial charge in [0.25, 0.3) is 10.0 Å². The molecular weight excluding hydrogens is 510 g/mol. The van der Waals surface area contributed by atoms with E-state index in [9.17, 15) is 18.0 Å². The summed E-state index contributed by atoms with van der Waals surface area (Å²) in [7, 11) is -3.69. The van der Waals surface area contributed by atoms with Crippen LogP contribution in [0.5, 0.6) is 0 Å². The van der Waals surface area contributed by atoms with Crippen LogP contribution in [0.25, 0.3) is 10.8 Å². The first-order valence-electron chi connectivity index (χ1n) is 12.6. The average molecular weight is 542 g/mol. The van der Waals surface area contributed by atoms with E-state index in [1.54, 1.807) is 29.2 Å². The van der Waals surface area contributed by atoms with Crippen LogP contribution in [0, 0.1) is 0 Å². The number of halogens is 1. The summed E-state index contributed by atoms with van der Waals surface area (Å²) in [5.41, 5.74) is 1.39. The molecule has 196 valence electrons. The molecule has 1 atom stereocenters. The van der Waals surface area contributed by atoms with Gasteiger partial charge in [-0.15, -0.1) is 0 Å². The van der Waals surface area contributed by atoms with Gasteiger partial charge in [0.05, 0.1) is 10.6 Å². The Morgan fingerprint density at radius 3 is 2.46 bits per heavy atom. The molecule has 0 spiro atoms. The van der Waals surface area contributed by atoms with Crippen LogP contribution >= 0.6 is 11.6 Å². The third kappa shape index (κ3) is 5.45. The number of hydrogen-bond donors (Lipinski definition) is 1. The molecule has 1 heterocycles. The van der Waals surface area contributed by atoms with Gasteiger partial charge in [0.2, 0.25) is 11.8 Å². The summed E-state index contributed by atoms with van der Waals surface area (Å²) in [5, 5.41) is 5.01. The third-order valence-electron chi connectivity index (χ3n) is 6.67. The molecule has 0 aromatic heterocycles. The summed E-state index contributed by atoms with van der Waals surface area (Å²) < 4.78 is 27.9. The lowest BCUT2D eigenvalue weighted by Crippen LogP contribution is -2.49. The smallest absolute Gasteiger partial charge is 0.265 e. The second kappa shape index (κ2) is 11.5. The highest BCUT2D eigenvalue weighted by molar-refractivity contribution is 7.93. The van der Waals surface area contributed by atoms with Gasteiger partial charge in [0.15, 0.2) is 0 Å². The van der Waals surface area contributed by atoms with Crippen molar-refractivity contribution in [2.24, 2.45) is 0 Å². The Morgan fingerprint density at radius 1 is 1.03 bits per heavy atom. The Morgan fingerprint density at radius 2 is 1.76 bits per heavy atom. The van der Waals surface area contributed by atoms with Crippen molar-refractivity contribution in [1.29, 1.82) is 0 Å². The van der Waals surface area contributed by atoms with Crippen molar-refractivity contribution >= 4 is 49.9 Å². The summed E-state index contributed by atoms with van der Waals surface area (Å²) >= 11 is 6.38. The molecule has 0 saturated heterocycles. The number of anilines is 1. The van der Waals surface area contributed by atoms with Crippen LogP contribution in [-0.4, -0.2) is 44.3 Å². The van der Waals surface area contributed by atoms with Gasteiger partial charge in [-0.3, -0.25) is 13.9 Å². The minimum atomic E-state index is -3.69. The number of sulfonamides is 1. The van der Waals surface area contributed by atoms with E-state index in [1.807, 2.05) is 50.2 Å². The minimum Gasteiger partial charge on any atom is -0.354 e. The first-order chi connectivity index (χ1) is 17.8. The summed E-state index contributed by atoms with van der Waals surface area (Å²) in [6.07, 6.45) is 1.65. The van der Waals surface area contributed by atoms with Crippen molar-refractivity contribution in [3.05, 3.63) is 71.2 Å². The SMILES string of the molecule is CCCNC(=O)[C@H](CC)N(Cc1ccccc1Cl)C(=O)CCCN1c2cccc3cccc(c23)S1(=O)=O. The Bertz CT molecular complexity index is 1400. The highest BCUT2D eigenvalue weighted by Gasteiger charge is 2.35. The van der Waals surface area contributed by atoms with Crippen LogP contribution in [0.15, 0.2) is 65.6 Å². The molecule has 0 bridgehead atoms. The lowest BCUT2D eigenvalue weighted by atomic mass is 10.1. The largest absolute Gasteiger partial charge is 0.354 e. The number of nitrogens with one attached hydrogen (secondary N) is 1. The molecule has 3 aromatic rings. The fourth-order valence-electron chi connectivity index (χ4n) is 4.81. The second-order valence-corrected chi connectivity index (χ2v) is 11.4. The Labute approximate surface area is 223 Å². The van der Waals surface area contributed by atoms with Crippen LogP contribution in [0.4, 0.5) is 5.69 Å². The van der Waals surface area contributed by atoms with Crippen molar-refractivity contribution in [3.63, 3.8) is 0 Å². The highest BCUT2D eigenvalue weighted by Crippen LogP contribution is 2.42. The zero-order chi connectivity index (χ0) is 26.6. The van der Waals surface area contributed by atoms with Gasteiger partial charge in [0, 0.05) is 36.5 Å². The molecule has 3 aromatic carbocycles. The number of benzene rings is 3. The van der Waals surface area contributed by atoms with E-state index in [0.29, 0.717) is 35.0 Å². The molecule has 2 amide bonds. The maximum Gasteiger partial charge on any atom is 0.265 e. The number of amides is 2. The third-order valence-corrected chi connectivity index (χ3v) is 8.89. The van der Waals surface area contributed by atoms with Gasteiger partial charge in [-0.2, -0.15) is 0 Å². The molecule has 1 N–H and O–H groups in total. The standard InChI is InChI=1S/C28H32ClN3O4S/c1-3-17-30-28(34)23(4-2)31(19-21-10-5-6-13-22(21)29)26(33)16-9-18-32-24-14-7-11-20-12-8-15-25(27(20)24)37(32,35)36/h5-8,10-15,23H,3-4,9,16-19H2,1-2H3,(H,30,34)/t23-/m0/s1. The van der Waals surface area contributed by atoms with Crippen LogP contribution in [0.1, 0.15) is 45.1 Å². The van der Waals surface area contributed by atoms with Crippen LogP contribution in [-0.2, 0) is 26.2 Å². The predicted molar refractivity (Wildman–Crippen MR) is 147 cm³/mol. The molecule has 9 heteroatoms. The van der Waals surface area contributed by atoms with Gasteiger partial charge in [-0.05, 0) is 48.4 Å². The number of carbonyl (C=O) groups is 2. The molecular formula is C28H32ClN3O4S. The fourth-order valence-corrected chi connectivity index (χ4v) is 6.76. The molecule has 37 heavy (non-hydrogen) atoms. The molecule has 7 nitrogen and oxygen atoms in total. The summed E-state index contributed by atoms with van der Waals surface area (Å²) in [5.74, 6) is -0.417. The first kappa shape index (κ1) is 26.9. The Kier molecular flexibility index (Phi) is 8.39. The highest BCUT2D eigenvalue weighted by atomic mass is 35.5. The van der Waals surface area contributed by atoms with Crippen molar-refractivity contribution < 1.29 is 18.0 Å². The second-order valence-electron chi connectivity index (χ2n) is 9.14. The molecule has 1 aliphatic rings. The number of rotatable bonds is 11. The zero-order valence-electron chi connectivity index (χ0n) is 21.1. The van der Waals surface area contributed by atoms with E-state index < -0.39 is 16.1 Å². The molecule has 1 aliphatic heterocycles. The monoisotopic (exact) mass is 541 g/mol. The molecule has 0 radical (unpaired) electrons. The summed E-state index contributed by atoms with van der Waals surface area (Å²) in [6, 6.07) is 17.4. The lowest BCUT2D eigenvalue weighted by Gasteiger charge is -2.31. The van der Waals surface area contributed by atoms with Crippen molar-refractivity contribution in [2.45, 2.75) is 57.0 Å². The van der Waals surface area contributed by atoms with Gasteiger partial charge in [-0.1, -0.05) is 67.9 Å². The first-order valence-corrected chi connectivity index (χ1v) is 14.5. The maximum absolute atomic E-state index is 13.5. The van der Waals surface area contributed by atoms with Gasteiger partial charge in [0.1, 0.15) is 6.04 Å². The Balaban J connectivity index is 1.52. The van der Waals surface area contributed by atoms with Crippen molar-refractivity contribution in [1.82, 2.24) is 10.2 Å². The number of carbonyl (C=O) groups excluding carboxylic acids is 2. The lowest BCUT2D eigenvalue weighted by molar-refractivity contribution is -0.141. The van der Waals surface area contributed by atoms with E-state index in [2.05, 4.69) is 5.32 Å². The van der Waals surface area contributed by atoms with E-state index in [4.69, 9.17) is 11.6 Å². The summed E-state index contributed by atoms with van der Waals surface area (Å²) in [4.78, 5) is 28.3. The summed E-state index contributed by atoms with van der Waals surface area (Å²) in [6.45, 7) is 4.74. The normalized spacial score (nSPS) is 14.5. The van der Waals surface area contributed by atoms with Crippen molar-refractivity contribution in [2.75, 3.05) is 17.4 Å². The van der Waals surface area contributed by atoms with E-state index in [0.717, 1.165) is 22.8 Å². The topological polar surface area (TPSA) is 86.8 Å². The number of nitrogens with zero attached hydrogens (tertiary/aromatic N) is 2. The number of hydrogen-bond acceptors (Lipinski definition) is 4. The molecule has 0 aliphatic carbocycles. The van der Waals surface area contributed by atoms with Gasteiger partial charge >= 0.3 is 0 Å². The Hall–Kier alpha value is -3.10.